The molecule has 0 aliphatic heterocycles. The fourth-order valence-electron chi connectivity index (χ4n) is 8.60. The molecule has 0 aliphatic rings. The van der Waals surface area contributed by atoms with Gasteiger partial charge < -0.3 is 4.90 Å². The molecule has 0 unspecified atom stereocenters. The average molecular weight is 730 g/mol. The van der Waals surface area contributed by atoms with Crippen LogP contribution >= 0.6 is 11.3 Å². The second-order valence-electron chi connectivity index (χ2n) is 14.5. The van der Waals surface area contributed by atoms with Crippen molar-refractivity contribution < 1.29 is 0 Å². The highest BCUT2D eigenvalue weighted by Gasteiger charge is 2.17. The number of anilines is 3. The largest absolute Gasteiger partial charge is 0.311 e. The van der Waals surface area contributed by atoms with Crippen molar-refractivity contribution in [2.75, 3.05) is 4.90 Å². The van der Waals surface area contributed by atoms with E-state index in [9.17, 15) is 0 Å². The summed E-state index contributed by atoms with van der Waals surface area (Å²) in [5.74, 6) is 0. The Hall–Kier alpha value is -7.00. The van der Waals surface area contributed by atoms with Crippen LogP contribution in [0.25, 0.3) is 85.9 Å². The van der Waals surface area contributed by atoms with Crippen LogP contribution in [0.4, 0.5) is 17.1 Å². The molecule has 0 saturated carbocycles. The van der Waals surface area contributed by atoms with E-state index in [0.717, 1.165) is 17.1 Å². The van der Waals surface area contributed by atoms with Crippen molar-refractivity contribution in [3.8, 4) is 33.4 Å². The van der Waals surface area contributed by atoms with Crippen molar-refractivity contribution in [3.05, 3.63) is 212 Å². The zero-order valence-electron chi connectivity index (χ0n) is 30.6. The summed E-state index contributed by atoms with van der Waals surface area (Å²) in [7, 11) is 0. The summed E-state index contributed by atoms with van der Waals surface area (Å²) in [6.45, 7) is 0. The molecule has 0 bridgehead atoms. The minimum absolute atomic E-state index is 1.11. The van der Waals surface area contributed by atoms with E-state index in [1.165, 1.54) is 85.9 Å². The quantitative estimate of drug-likeness (QED) is 0.154. The summed E-state index contributed by atoms with van der Waals surface area (Å²) < 4.78 is 2.64. The molecular formula is C54H35NS. The van der Waals surface area contributed by atoms with E-state index in [2.05, 4.69) is 217 Å². The van der Waals surface area contributed by atoms with Crippen molar-refractivity contribution in [2.24, 2.45) is 0 Å². The van der Waals surface area contributed by atoms with Crippen LogP contribution < -0.4 is 4.90 Å². The van der Waals surface area contributed by atoms with Gasteiger partial charge in [0.2, 0.25) is 0 Å². The van der Waals surface area contributed by atoms with Gasteiger partial charge in [0, 0.05) is 37.2 Å². The Morgan fingerprint density at radius 3 is 1.45 bits per heavy atom. The molecule has 1 nitrogen and oxygen atoms in total. The van der Waals surface area contributed by atoms with E-state index < -0.39 is 0 Å². The van der Waals surface area contributed by atoms with Gasteiger partial charge in [-0.2, -0.15) is 0 Å². The molecule has 0 aliphatic carbocycles. The Kier molecular flexibility index (Phi) is 7.75. The molecule has 0 radical (unpaired) electrons. The van der Waals surface area contributed by atoms with Crippen LogP contribution in [0.5, 0.6) is 0 Å². The van der Waals surface area contributed by atoms with Gasteiger partial charge in [-0.05, 0) is 120 Å². The number of hydrogen-bond acceptors (Lipinski definition) is 2. The number of hydrogen-bond donors (Lipinski definition) is 0. The second-order valence-corrected chi connectivity index (χ2v) is 15.6. The van der Waals surface area contributed by atoms with Crippen LogP contribution in [0.15, 0.2) is 212 Å². The fraction of sp³-hybridized carbons (Fsp3) is 0. The number of thiophene rings is 1. The average Bonchev–Trinajstić information content (AvgIpc) is 3.66. The lowest BCUT2D eigenvalue weighted by Crippen LogP contribution is -2.09. The maximum Gasteiger partial charge on any atom is 0.0462 e. The van der Waals surface area contributed by atoms with E-state index in [1.807, 2.05) is 11.3 Å². The van der Waals surface area contributed by atoms with Crippen molar-refractivity contribution >= 4 is 80.9 Å². The maximum absolute atomic E-state index is 2.37. The van der Waals surface area contributed by atoms with Gasteiger partial charge in [0.15, 0.2) is 0 Å². The first-order chi connectivity index (χ1) is 27.8. The van der Waals surface area contributed by atoms with Gasteiger partial charge in [0.1, 0.15) is 0 Å². The molecular weight excluding hydrogens is 695 g/mol. The van der Waals surface area contributed by atoms with Crippen molar-refractivity contribution in [2.45, 2.75) is 0 Å². The molecule has 0 spiro atoms. The first-order valence-corrected chi connectivity index (χ1v) is 20.0. The summed E-state index contributed by atoms with van der Waals surface area (Å²) in [5, 5.41) is 10.3. The smallest absolute Gasteiger partial charge is 0.0462 e. The lowest BCUT2D eigenvalue weighted by Gasteiger charge is -2.26. The van der Waals surface area contributed by atoms with Gasteiger partial charge in [0.25, 0.3) is 0 Å². The van der Waals surface area contributed by atoms with Crippen LogP contribution in [0, 0.1) is 0 Å². The predicted molar refractivity (Wildman–Crippen MR) is 243 cm³/mol. The maximum atomic E-state index is 2.37. The van der Waals surface area contributed by atoms with Gasteiger partial charge in [-0.3, -0.25) is 0 Å². The van der Waals surface area contributed by atoms with Crippen molar-refractivity contribution in [3.63, 3.8) is 0 Å². The topological polar surface area (TPSA) is 3.24 Å². The number of fused-ring (bicyclic) bond motifs is 7. The van der Waals surface area contributed by atoms with Crippen LogP contribution in [0.3, 0.4) is 0 Å². The van der Waals surface area contributed by atoms with Crippen LogP contribution in [0.2, 0.25) is 0 Å². The summed E-state index contributed by atoms with van der Waals surface area (Å²) in [4.78, 5) is 2.37. The SMILES string of the molecule is c1ccc2c(-c3ccc(N(c4ccc(-c5cc6ccccc6c6ccccc56)cc4)c4ccc(-c5cccc6sc7ccccc7c56)cc4)cc3)cccc2c1. The Bertz CT molecular complexity index is 3220. The molecule has 11 aromatic rings. The molecule has 1 heterocycles. The third-order valence-electron chi connectivity index (χ3n) is 11.3. The van der Waals surface area contributed by atoms with E-state index in [-0.39, 0.29) is 0 Å². The van der Waals surface area contributed by atoms with Gasteiger partial charge >= 0.3 is 0 Å². The highest BCUT2D eigenvalue weighted by molar-refractivity contribution is 7.25. The molecule has 0 saturated heterocycles. The van der Waals surface area contributed by atoms with Gasteiger partial charge in [-0.25, -0.2) is 0 Å². The van der Waals surface area contributed by atoms with Crippen molar-refractivity contribution in [1.29, 1.82) is 0 Å². The highest BCUT2D eigenvalue weighted by Crippen LogP contribution is 2.43. The third-order valence-corrected chi connectivity index (χ3v) is 12.4. The van der Waals surface area contributed by atoms with Crippen LogP contribution in [0.1, 0.15) is 0 Å². The zero-order valence-corrected chi connectivity index (χ0v) is 31.4. The van der Waals surface area contributed by atoms with E-state index in [4.69, 9.17) is 0 Å². The van der Waals surface area contributed by atoms with Crippen molar-refractivity contribution in [1.82, 2.24) is 0 Å². The molecule has 2 heteroatoms. The molecule has 10 aromatic carbocycles. The minimum atomic E-state index is 1.11. The first kappa shape index (κ1) is 32.4. The molecule has 11 rings (SSSR count). The van der Waals surface area contributed by atoms with Gasteiger partial charge in [-0.1, -0.05) is 158 Å². The van der Waals surface area contributed by atoms with E-state index in [1.54, 1.807) is 0 Å². The summed E-state index contributed by atoms with van der Waals surface area (Å²) in [6.07, 6.45) is 0. The minimum Gasteiger partial charge on any atom is -0.311 e. The standard InChI is InChI=1S/C54H35NS/c1-3-14-44-36(11-1)13-9-19-45(44)37-23-29-41(30-24-37)55(42-31-25-38(26-32-42)47-20-10-22-53-54(47)50-18-7-8-21-52(50)56-53)43-33-27-39(28-34-43)51-35-40-12-2-4-15-46(40)48-16-5-6-17-49(48)51/h1-35H. The molecule has 0 fully saturated rings. The molecule has 56 heavy (non-hydrogen) atoms. The normalized spacial score (nSPS) is 11.6. The number of benzene rings is 10. The highest BCUT2D eigenvalue weighted by atomic mass is 32.1. The van der Waals surface area contributed by atoms with E-state index >= 15 is 0 Å². The third kappa shape index (κ3) is 5.46. The fourth-order valence-corrected chi connectivity index (χ4v) is 9.73. The number of rotatable bonds is 6. The summed E-state index contributed by atoms with van der Waals surface area (Å²) in [5.41, 5.74) is 10.7. The molecule has 0 N–H and O–H groups in total. The molecule has 0 atom stereocenters. The van der Waals surface area contributed by atoms with Gasteiger partial charge in [-0.15, -0.1) is 11.3 Å². The Balaban J connectivity index is 1.02. The Morgan fingerprint density at radius 2 is 0.750 bits per heavy atom. The Labute approximate surface area is 330 Å². The first-order valence-electron chi connectivity index (χ1n) is 19.2. The lowest BCUT2D eigenvalue weighted by atomic mass is 9.93. The van der Waals surface area contributed by atoms with E-state index in [0.29, 0.717) is 0 Å². The monoisotopic (exact) mass is 729 g/mol. The Morgan fingerprint density at radius 1 is 0.286 bits per heavy atom. The summed E-state index contributed by atoms with van der Waals surface area (Å²) >= 11 is 1.87. The van der Waals surface area contributed by atoms with Gasteiger partial charge in [0.05, 0.1) is 0 Å². The molecule has 1 aromatic heterocycles. The second kappa shape index (κ2) is 13.4. The predicted octanol–water partition coefficient (Wildman–Crippen LogP) is 16.0. The lowest BCUT2D eigenvalue weighted by molar-refractivity contribution is 1.28. The van der Waals surface area contributed by atoms with Crippen LogP contribution in [-0.4, -0.2) is 0 Å². The van der Waals surface area contributed by atoms with Crippen LogP contribution in [-0.2, 0) is 0 Å². The summed E-state index contributed by atoms with van der Waals surface area (Å²) in [6, 6.07) is 77.7. The zero-order chi connectivity index (χ0) is 37.0. The number of nitrogens with zero attached hydrogens (tertiary/aromatic N) is 1. The molecule has 0 amide bonds. The molecule has 262 valence electrons.